The lowest BCUT2D eigenvalue weighted by Crippen LogP contribution is -2.00. The normalized spacial score (nSPS) is 11.4. The molecule has 90 valence electrons. The Hall–Kier alpha value is -0.980. The van der Waals surface area contributed by atoms with Crippen LogP contribution in [0.1, 0.15) is 44.4 Å². The molecule has 1 rings (SSSR count). The van der Waals surface area contributed by atoms with Gasteiger partial charge in [0.25, 0.3) is 0 Å². The van der Waals surface area contributed by atoms with E-state index in [0.717, 1.165) is 24.0 Å². The van der Waals surface area contributed by atoms with Crippen molar-refractivity contribution < 1.29 is 5.11 Å². The van der Waals surface area contributed by atoms with Gasteiger partial charge in [-0.2, -0.15) is 0 Å². The van der Waals surface area contributed by atoms with Crippen molar-refractivity contribution in [3.8, 4) is 5.75 Å². The molecule has 0 bridgehead atoms. The molecule has 0 amide bonds. The highest BCUT2D eigenvalue weighted by atomic mass is 16.3. The van der Waals surface area contributed by atoms with Crippen LogP contribution >= 0.6 is 0 Å². The summed E-state index contributed by atoms with van der Waals surface area (Å²) in [5, 5.41) is 10.2. The van der Waals surface area contributed by atoms with E-state index in [0.29, 0.717) is 17.6 Å². The fraction of sp³-hybridized carbons (Fsp3) is 0.600. The Bertz CT molecular complexity index is 319. The number of hydrogen-bond acceptors (Lipinski definition) is 1. The molecule has 0 fully saturated rings. The molecule has 1 nitrogen and oxygen atoms in total. The second kappa shape index (κ2) is 5.38. The average molecular weight is 220 g/mol. The molecule has 0 saturated heterocycles. The molecular weight excluding hydrogens is 196 g/mol. The number of benzene rings is 1. The van der Waals surface area contributed by atoms with Crippen LogP contribution in [-0.4, -0.2) is 5.11 Å². The summed E-state index contributed by atoms with van der Waals surface area (Å²) in [5.41, 5.74) is 3.46. The van der Waals surface area contributed by atoms with Crippen molar-refractivity contribution in [2.75, 3.05) is 0 Å². The number of aromatic hydroxyl groups is 1. The van der Waals surface area contributed by atoms with Gasteiger partial charge in [0.15, 0.2) is 0 Å². The van der Waals surface area contributed by atoms with Gasteiger partial charge in [-0.1, -0.05) is 45.4 Å². The summed E-state index contributed by atoms with van der Waals surface area (Å²) < 4.78 is 0. The molecule has 0 aliphatic rings. The summed E-state index contributed by atoms with van der Waals surface area (Å²) in [4.78, 5) is 0. The molecule has 1 aromatic rings. The Morgan fingerprint density at radius 2 is 1.31 bits per heavy atom. The maximum atomic E-state index is 10.2. The number of hydrogen-bond donors (Lipinski definition) is 1. The second-order valence-corrected chi connectivity index (χ2v) is 5.63. The Morgan fingerprint density at radius 1 is 0.938 bits per heavy atom. The highest BCUT2D eigenvalue weighted by Gasteiger charge is 2.11. The second-order valence-electron chi connectivity index (χ2n) is 5.63. The van der Waals surface area contributed by atoms with E-state index in [2.05, 4.69) is 46.8 Å². The molecule has 16 heavy (non-hydrogen) atoms. The van der Waals surface area contributed by atoms with Gasteiger partial charge in [-0.25, -0.2) is 0 Å². The van der Waals surface area contributed by atoms with Crippen LogP contribution < -0.4 is 0 Å². The molecule has 0 aliphatic heterocycles. The van der Waals surface area contributed by atoms with Gasteiger partial charge < -0.3 is 5.11 Å². The molecule has 0 aromatic heterocycles. The largest absolute Gasteiger partial charge is 0.507 e. The Labute approximate surface area is 99.5 Å². The van der Waals surface area contributed by atoms with E-state index >= 15 is 0 Å². The summed E-state index contributed by atoms with van der Waals surface area (Å²) in [6, 6.07) is 4.22. The predicted molar refractivity (Wildman–Crippen MR) is 69.9 cm³/mol. The monoisotopic (exact) mass is 220 g/mol. The molecule has 1 aromatic carbocycles. The highest BCUT2D eigenvalue weighted by molar-refractivity contribution is 5.43. The molecule has 0 radical (unpaired) electrons. The zero-order valence-electron chi connectivity index (χ0n) is 11.2. The first-order valence-electron chi connectivity index (χ1n) is 6.21. The molecule has 0 atom stereocenters. The van der Waals surface area contributed by atoms with Crippen LogP contribution in [0.2, 0.25) is 0 Å². The van der Waals surface area contributed by atoms with Gasteiger partial charge >= 0.3 is 0 Å². The predicted octanol–water partition coefficient (Wildman–Crippen LogP) is 4.10. The minimum absolute atomic E-state index is 0.521. The molecule has 0 aliphatic carbocycles. The lowest BCUT2D eigenvalue weighted by Gasteiger charge is -2.14. The highest BCUT2D eigenvalue weighted by Crippen LogP contribution is 2.28. The number of aryl methyl sites for hydroxylation is 1. The molecule has 1 heteroatoms. The Morgan fingerprint density at radius 3 is 1.62 bits per heavy atom. The van der Waals surface area contributed by atoms with Gasteiger partial charge in [-0.3, -0.25) is 0 Å². The van der Waals surface area contributed by atoms with E-state index in [4.69, 9.17) is 0 Å². The van der Waals surface area contributed by atoms with Gasteiger partial charge in [-0.15, -0.1) is 0 Å². The molecule has 0 unspecified atom stereocenters. The van der Waals surface area contributed by atoms with Crippen molar-refractivity contribution >= 4 is 0 Å². The van der Waals surface area contributed by atoms with Crippen molar-refractivity contribution in [1.82, 2.24) is 0 Å². The van der Waals surface area contributed by atoms with Crippen molar-refractivity contribution in [3.63, 3.8) is 0 Å². The summed E-state index contributed by atoms with van der Waals surface area (Å²) in [6.45, 7) is 10.8. The summed E-state index contributed by atoms with van der Waals surface area (Å²) in [5.74, 6) is 1.69. The van der Waals surface area contributed by atoms with E-state index in [1.165, 1.54) is 5.56 Å². The van der Waals surface area contributed by atoms with Gasteiger partial charge in [-0.05, 0) is 42.7 Å². The minimum atomic E-state index is 0.521. The lowest BCUT2D eigenvalue weighted by molar-refractivity contribution is 0.450. The zero-order chi connectivity index (χ0) is 12.3. The van der Waals surface area contributed by atoms with Crippen molar-refractivity contribution in [2.45, 2.75) is 47.5 Å². The van der Waals surface area contributed by atoms with Crippen molar-refractivity contribution in [1.29, 1.82) is 0 Å². The zero-order valence-corrected chi connectivity index (χ0v) is 11.2. The fourth-order valence-electron chi connectivity index (χ4n) is 2.13. The first kappa shape index (κ1) is 13.1. The standard InChI is InChI=1S/C15H24O/c1-10(2)6-13-8-12(5)9-14(15(13)16)7-11(3)4/h8-11,16H,6-7H2,1-5H3. The third-order valence-corrected chi connectivity index (χ3v) is 2.67. The first-order valence-corrected chi connectivity index (χ1v) is 6.21. The van der Waals surface area contributed by atoms with E-state index in [1.54, 1.807) is 0 Å². The van der Waals surface area contributed by atoms with Crippen molar-refractivity contribution in [2.24, 2.45) is 11.8 Å². The average Bonchev–Trinajstić information content (AvgIpc) is 2.11. The van der Waals surface area contributed by atoms with Crippen LogP contribution in [0.5, 0.6) is 5.75 Å². The molecule has 1 N–H and O–H groups in total. The summed E-state index contributed by atoms with van der Waals surface area (Å²) in [6.07, 6.45) is 1.91. The lowest BCUT2D eigenvalue weighted by atomic mass is 9.93. The first-order chi connectivity index (χ1) is 7.40. The van der Waals surface area contributed by atoms with Crippen LogP contribution in [0, 0.1) is 18.8 Å². The van der Waals surface area contributed by atoms with Crippen LogP contribution in [0.4, 0.5) is 0 Å². The van der Waals surface area contributed by atoms with Gasteiger partial charge in [0.1, 0.15) is 5.75 Å². The van der Waals surface area contributed by atoms with Crippen molar-refractivity contribution in [3.05, 3.63) is 28.8 Å². The number of phenols is 1. The SMILES string of the molecule is Cc1cc(CC(C)C)c(O)c(CC(C)C)c1. The molecule has 0 saturated carbocycles. The third-order valence-electron chi connectivity index (χ3n) is 2.67. The van der Waals surface area contributed by atoms with E-state index < -0.39 is 0 Å². The summed E-state index contributed by atoms with van der Waals surface area (Å²) >= 11 is 0. The van der Waals surface area contributed by atoms with Crippen LogP contribution in [0.15, 0.2) is 12.1 Å². The van der Waals surface area contributed by atoms with Crippen LogP contribution in [0.25, 0.3) is 0 Å². The van der Waals surface area contributed by atoms with Gasteiger partial charge in [0.05, 0.1) is 0 Å². The maximum absolute atomic E-state index is 10.2. The smallest absolute Gasteiger partial charge is 0.121 e. The van der Waals surface area contributed by atoms with Crippen LogP contribution in [-0.2, 0) is 12.8 Å². The quantitative estimate of drug-likeness (QED) is 0.810. The maximum Gasteiger partial charge on any atom is 0.121 e. The number of phenolic OH excluding ortho intramolecular Hbond substituents is 1. The minimum Gasteiger partial charge on any atom is -0.507 e. The van der Waals surface area contributed by atoms with E-state index in [1.807, 2.05) is 0 Å². The third kappa shape index (κ3) is 3.55. The van der Waals surface area contributed by atoms with E-state index in [9.17, 15) is 5.11 Å². The number of rotatable bonds is 4. The summed E-state index contributed by atoms with van der Waals surface area (Å²) in [7, 11) is 0. The topological polar surface area (TPSA) is 20.2 Å². The van der Waals surface area contributed by atoms with Gasteiger partial charge in [0.2, 0.25) is 0 Å². The molecule has 0 heterocycles. The molecule has 0 spiro atoms. The molecular formula is C15H24O. The van der Waals surface area contributed by atoms with Crippen LogP contribution in [0.3, 0.4) is 0 Å². The Balaban J connectivity index is 3.05. The fourth-order valence-corrected chi connectivity index (χ4v) is 2.13. The Kier molecular flexibility index (Phi) is 4.40. The van der Waals surface area contributed by atoms with Gasteiger partial charge in [0, 0.05) is 0 Å². The van der Waals surface area contributed by atoms with E-state index in [-0.39, 0.29) is 0 Å².